The van der Waals surface area contributed by atoms with E-state index in [1.54, 1.807) is 20.8 Å². The molecule has 1 aliphatic heterocycles. The third kappa shape index (κ3) is 4.08. The van der Waals surface area contributed by atoms with Crippen molar-refractivity contribution >= 4 is 23.9 Å². The zero-order valence-electron chi connectivity index (χ0n) is 13.5. The molecule has 1 aliphatic rings. The molecule has 2 atom stereocenters. The molecule has 8 nitrogen and oxygen atoms in total. The Morgan fingerprint density at radius 1 is 0.957 bits per heavy atom. The lowest BCUT2D eigenvalue weighted by Gasteiger charge is -2.28. The second-order valence-corrected chi connectivity index (χ2v) is 4.62. The van der Waals surface area contributed by atoms with Gasteiger partial charge in [-0.2, -0.15) is 0 Å². The Labute approximate surface area is 133 Å². The molecule has 0 saturated carbocycles. The molecule has 0 N–H and O–H groups in total. The SMILES string of the molecule is CCOC(=O)C1=C(C(=O)OCC)C(C)C(C(=O)OCC)C(=O)O1. The van der Waals surface area contributed by atoms with Crippen LogP contribution in [0.5, 0.6) is 0 Å². The molecule has 8 heteroatoms. The molecule has 0 bridgehead atoms. The molecule has 23 heavy (non-hydrogen) atoms. The van der Waals surface area contributed by atoms with Gasteiger partial charge >= 0.3 is 23.9 Å². The largest absolute Gasteiger partial charge is 0.465 e. The fraction of sp³-hybridized carbons (Fsp3) is 0.600. The summed E-state index contributed by atoms with van der Waals surface area (Å²) in [6.07, 6.45) is 0. The number of carbonyl (C=O) groups excluding carboxylic acids is 4. The minimum Gasteiger partial charge on any atom is -0.465 e. The van der Waals surface area contributed by atoms with E-state index in [1.807, 2.05) is 0 Å². The maximum Gasteiger partial charge on any atom is 0.374 e. The van der Waals surface area contributed by atoms with Crippen LogP contribution >= 0.6 is 0 Å². The highest BCUT2D eigenvalue weighted by atomic mass is 16.6. The summed E-state index contributed by atoms with van der Waals surface area (Å²) in [5, 5.41) is 0. The van der Waals surface area contributed by atoms with Crippen molar-refractivity contribution in [3.05, 3.63) is 11.3 Å². The minimum absolute atomic E-state index is 0.0334. The first-order chi connectivity index (χ1) is 10.9. The summed E-state index contributed by atoms with van der Waals surface area (Å²) in [6.45, 7) is 6.35. The highest BCUT2D eigenvalue weighted by molar-refractivity contribution is 6.07. The van der Waals surface area contributed by atoms with Gasteiger partial charge in [0.15, 0.2) is 5.92 Å². The lowest BCUT2D eigenvalue weighted by molar-refractivity contribution is -0.167. The maximum absolute atomic E-state index is 12.1. The van der Waals surface area contributed by atoms with Crippen LogP contribution in [0.15, 0.2) is 11.3 Å². The monoisotopic (exact) mass is 328 g/mol. The van der Waals surface area contributed by atoms with Gasteiger partial charge in [0, 0.05) is 5.92 Å². The average Bonchev–Trinajstić information content (AvgIpc) is 2.47. The lowest BCUT2D eigenvalue weighted by Crippen LogP contribution is -2.41. The van der Waals surface area contributed by atoms with Gasteiger partial charge in [-0.15, -0.1) is 0 Å². The highest BCUT2D eigenvalue weighted by Gasteiger charge is 2.47. The Morgan fingerprint density at radius 3 is 2.00 bits per heavy atom. The molecule has 0 aliphatic carbocycles. The Morgan fingerprint density at radius 2 is 1.48 bits per heavy atom. The molecule has 0 amide bonds. The fourth-order valence-corrected chi connectivity index (χ4v) is 2.16. The van der Waals surface area contributed by atoms with Crippen molar-refractivity contribution in [2.45, 2.75) is 27.7 Å². The number of ether oxygens (including phenoxy) is 4. The van der Waals surface area contributed by atoms with Crippen LogP contribution in [0.1, 0.15) is 27.7 Å². The number of esters is 4. The number of hydrogen-bond acceptors (Lipinski definition) is 8. The second-order valence-electron chi connectivity index (χ2n) is 4.62. The van der Waals surface area contributed by atoms with Gasteiger partial charge in [0.2, 0.25) is 5.76 Å². The van der Waals surface area contributed by atoms with Crippen LogP contribution in [-0.4, -0.2) is 43.7 Å². The Balaban J connectivity index is 3.30. The summed E-state index contributed by atoms with van der Waals surface area (Å²) in [6, 6.07) is 0. The number of hydrogen-bond donors (Lipinski definition) is 0. The molecular weight excluding hydrogens is 308 g/mol. The topological polar surface area (TPSA) is 105 Å². The van der Waals surface area contributed by atoms with Gasteiger partial charge in [0.05, 0.1) is 25.4 Å². The molecule has 0 saturated heterocycles. The average molecular weight is 328 g/mol. The van der Waals surface area contributed by atoms with E-state index >= 15 is 0 Å². The van der Waals surface area contributed by atoms with E-state index in [-0.39, 0.29) is 25.4 Å². The highest BCUT2D eigenvalue weighted by Crippen LogP contribution is 2.33. The van der Waals surface area contributed by atoms with Gasteiger partial charge in [0.25, 0.3) is 0 Å². The predicted molar refractivity (Wildman–Crippen MR) is 75.7 cm³/mol. The van der Waals surface area contributed by atoms with Crippen molar-refractivity contribution in [3.63, 3.8) is 0 Å². The quantitative estimate of drug-likeness (QED) is 0.399. The molecule has 0 aromatic carbocycles. The number of rotatable bonds is 6. The van der Waals surface area contributed by atoms with Crippen molar-refractivity contribution in [1.29, 1.82) is 0 Å². The molecule has 0 spiro atoms. The van der Waals surface area contributed by atoms with Gasteiger partial charge in [-0.25, -0.2) is 9.59 Å². The molecule has 2 unspecified atom stereocenters. The van der Waals surface area contributed by atoms with Crippen molar-refractivity contribution in [2.75, 3.05) is 19.8 Å². The fourth-order valence-electron chi connectivity index (χ4n) is 2.16. The van der Waals surface area contributed by atoms with Crippen LogP contribution in [0, 0.1) is 11.8 Å². The zero-order valence-corrected chi connectivity index (χ0v) is 13.5. The van der Waals surface area contributed by atoms with Crippen LogP contribution in [0.4, 0.5) is 0 Å². The molecule has 0 fully saturated rings. The van der Waals surface area contributed by atoms with E-state index in [2.05, 4.69) is 0 Å². The van der Waals surface area contributed by atoms with E-state index in [1.165, 1.54) is 6.92 Å². The van der Waals surface area contributed by atoms with Crippen molar-refractivity contribution in [1.82, 2.24) is 0 Å². The minimum atomic E-state index is -1.34. The summed E-state index contributed by atoms with van der Waals surface area (Å²) < 4.78 is 19.4. The predicted octanol–water partition coefficient (Wildman–Crippen LogP) is 0.739. The molecule has 0 radical (unpaired) electrons. The Bertz CT molecular complexity index is 534. The van der Waals surface area contributed by atoms with Gasteiger partial charge in [-0.1, -0.05) is 6.92 Å². The summed E-state index contributed by atoms with van der Waals surface area (Å²) in [5.41, 5.74) is -0.206. The first-order valence-electron chi connectivity index (χ1n) is 7.35. The second kappa shape index (κ2) is 8.30. The molecule has 1 heterocycles. The van der Waals surface area contributed by atoms with E-state index < -0.39 is 41.5 Å². The third-order valence-corrected chi connectivity index (χ3v) is 3.15. The maximum atomic E-state index is 12.1. The van der Waals surface area contributed by atoms with Crippen LogP contribution < -0.4 is 0 Å². The smallest absolute Gasteiger partial charge is 0.374 e. The standard InChI is InChI=1S/C15H20O8/c1-5-20-12(16)9-8(4)10(13(17)21-6-2)14(18)23-11(9)15(19)22-7-3/h8,10H,5-7H2,1-4H3. The third-order valence-electron chi connectivity index (χ3n) is 3.15. The van der Waals surface area contributed by atoms with E-state index in [0.717, 1.165) is 0 Å². The Kier molecular flexibility index (Phi) is 6.74. The first kappa shape index (κ1) is 18.7. The van der Waals surface area contributed by atoms with Crippen molar-refractivity contribution in [2.24, 2.45) is 11.8 Å². The normalized spacial score (nSPS) is 20.6. The van der Waals surface area contributed by atoms with Crippen molar-refractivity contribution < 1.29 is 38.1 Å². The first-order valence-corrected chi connectivity index (χ1v) is 7.35. The van der Waals surface area contributed by atoms with E-state index in [4.69, 9.17) is 18.9 Å². The van der Waals surface area contributed by atoms with E-state index in [0.29, 0.717) is 0 Å². The van der Waals surface area contributed by atoms with Crippen LogP contribution in [0.25, 0.3) is 0 Å². The van der Waals surface area contributed by atoms with E-state index in [9.17, 15) is 19.2 Å². The van der Waals surface area contributed by atoms with Crippen LogP contribution in [0.3, 0.4) is 0 Å². The molecular formula is C15H20O8. The van der Waals surface area contributed by atoms with Gasteiger partial charge in [0.1, 0.15) is 0 Å². The number of carbonyl (C=O) groups is 4. The van der Waals surface area contributed by atoms with Crippen LogP contribution in [0.2, 0.25) is 0 Å². The lowest BCUT2D eigenvalue weighted by atomic mass is 9.84. The Hall–Kier alpha value is -2.38. The van der Waals surface area contributed by atoms with Gasteiger partial charge in [-0.3, -0.25) is 9.59 Å². The number of cyclic esters (lactones) is 1. The molecule has 128 valence electrons. The van der Waals surface area contributed by atoms with Gasteiger partial charge in [-0.05, 0) is 20.8 Å². The van der Waals surface area contributed by atoms with Crippen LogP contribution in [-0.2, 0) is 38.1 Å². The molecule has 0 aromatic rings. The molecule has 0 aromatic heterocycles. The zero-order chi connectivity index (χ0) is 17.6. The molecule has 1 rings (SSSR count). The van der Waals surface area contributed by atoms with Gasteiger partial charge < -0.3 is 18.9 Å². The summed E-state index contributed by atoms with van der Waals surface area (Å²) in [7, 11) is 0. The summed E-state index contributed by atoms with van der Waals surface area (Å²) in [4.78, 5) is 48.0. The summed E-state index contributed by atoms with van der Waals surface area (Å²) in [5.74, 6) is -6.41. The van der Waals surface area contributed by atoms with Crippen molar-refractivity contribution in [3.8, 4) is 0 Å². The summed E-state index contributed by atoms with van der Waals surface area (Å²) >= 11 is 0.